The molecular weight excluding hydrogens is 276 g/mol. The van der Waals surface area contributed by atoms with Crippen LogP contribution in [0.15, 0.2) is 24.3 Å². The molecule has 1 saturated carbocycles. The van der Waals surface area contributed by atoms with Crippen LogP contribution in [0.5, 0.6) is 0 Å². The number of imidazole rings is 1. The Balaban J connectivity index is 1.45. The second kappa shape index (κ2) is 6.81. The summed E-state index contributed by atoms with van der Waals surface area (Å²) in [7, 11) is 0. The molecule has 0 bridgehead atoms. The van der Waals surface area contributed by atoms with Gasteiger partial charge in [-0.25, -0.2) is 9.78 Å². The monoisotopic (exact) mass is 300 g/mol. The molecule has 22 heavy (non-hydrogen) atoms. The molecule has 1 aliphatic carbocycles. The molecule has 1 fully saturated rings. The molecule has 5 nitrogen and oxygen atoms in total. The molecule has 118 valence electrons. The van der Waals surface area contributed by atoms with Gasteiger partial charge in [-0.2, -0.15) is 0 Å². The predicted octanol–water partition coefficient (Wildman–Crippen LogP) is 2.98. The minimum absolute atomic E-state index is 0.0603. The average molecular weight is 300 g/mol. The highest BCUT2D eigenvalue weighted by molar-refractivity contribution is 5.75. The molecule has 1 aromatic carbocycles. The standard InChI is InChI=1S/C17H24N4O/c1-12-6-2-3-7-13(12)21-17(22)18-11-10-16-19-14-8-4-5-9-15(14)20-16/h4-5,8-9,12-13H,2-3,6-7,10-11H2,1H3,(H,19,20)(H2,18,21,22)/t12-,13-/m0/s1. The van der Waals surface area contributed by atoms with Gasteiger partial charge >= 0.3 is 6.03 Å². The third-order valence-electron chi connectivity index (χ3n) is 4.51. The quantitative estimate of drug-likeness (QED) is 0.812. The molecule has 5 heteroatoms. The molecule has 2 atom stereocenters. The van der Waals surface area contributed by atoms with Gasteiger partial charge in [0, 0.05) is 19.0 Å². The van der Waals surface area contributed by atoms with Crippen molar-refractivity contribution in [3.05, 3.63) is 30.1 Å². The normalized spacial score (nSPS) is 21.7. The lowest BCUT2D eigenvalue weighted by Gasteiger charge is -2.29. The number of hydrogen-bond donors (Lipinski definition) is 3. The number of carbonyl (C=O) groups excluding carboxylic acids is 1. The molecule has 0 spiro atoms. The van der Waals surface area contributed by atoms with Crippen molar-refractivity contribution in [3.8, 4) is 0 Å². The van der Waals surface area contributed by atoms with E-state index in [1.165, 1.54) is 19.3 Å². The van der Waals surface area contributed by atoms with Gasteiger partial charge in [0.15, 0.2) is 0 Å². The highest BCUT2D eigenvalue weighted by atomic mass is 16.2. The number of nitrogens with one attached hydrogen (secondary N) is 3. The summed E-state index contributed by atoms with van der Waals surface area (Å²) in [5, 5.41) is 6.03. The number of H-pyrrole nitrogens is 1. The molecule has 1 heterocycles. The lowest BCUT2D eigenvalue weighted by molar-refractivity contribution is 0.222. The van der Waals surface area contributed by atoms with E-state index in [2.05, 4.69) is 27.5 Å². The third-order valence-corrected chi connectivity index (χ3v) is 4.51. The van der Waals surface area contributed by atoms with Crippen LogP contribution in [0.25, 0.3) is 11.0 Å². The Morgan fingerprint density at radius 2 is 2.14 bits per heavy atom. The minimum Gasteiger partial charge on any atom is -0.342 e. The van der Waals surface area contributed by atoms with Gasteiger partial charge in [0.2, 0.25) is 0 Å². The Hall–Kier alpha value is -2.04. The third kappa shape index (κ3) is 3.59. The Morgan fingerprint density at radius 1 is 1.32 bits per heavy atom. The summed E-state index contributed by atoms with van der Waals surface area (Å²) in [6.45, 7) is 2.81. The zero-order valence-electron chi connectivity index (χ0n) is 13.1. The fraction of sp³-hybridized carbons (Fsp3) is 0.529. The van der Waals surface area contributed by atoms with Crippen molar-refractivity contribution >= 4 is 17.1 Å². The summed E-state index contributed by atoms with van der Waals surface area (Å²) in [5.41, 5.74) is 2.01. The Bertz CT molecular complexity index is 603. The van der Waals surface area contributed by atoms with Crippen LogP contribution in [0, 0.1) is 5.92 Å². The number of aromatic amines is 1. The number of carbonyl (C=O) groups is 1. The topological polar surface area (TPSA) is 69.8 Å². The van der Waals surface area contributed by atoms with E-state index in [9.17, 15) is 4.79 Å². The maximum Gasteiger partial charge on any atom is 0.315 e. The van der Waals surface area contributed by atoms with Crippen LogP contribution in [0.3, 0.4) is 0 Å². The van der Waals surface area contributed by atoms with E-state index in [-0.39, 0.29) is 6.03 Å². The van der Waals surface area contributed by atoms with Crippen molar-refractivity contribution in [1.29, 1.82) is 0 Å². The van der Waals surface area contributed by atoms with Crippen LogP contribution in [0.1, 0.15) is 38.4 Å². The van der Waals surface area contributed by atoms with Crippen molar-refractivity contribution < 1.29 is 4.79 Å². The van der Waals surface area contributed by atoms with E-state index in [1.54, 1.807) is 0 Å². The average Bonchev–Trinajstić information content (AvgIpc) is 2.92. The van der Waals surface area contributed by atoms with Crippen LogP contribution >= 0.6 is 0 Å². The molecular formula is C17H24N4O. The van der Waals surface area contributed by atoms with E-state index in [0.29, 0.717) is 24.9 Å². The van der Waals surface area contributed by atoms with Gasteiger partial charge in [0.05, 0.1) is 11.0 Å². The molecule has 0 aliphatic heterocycles. The van der Waals surface area contributed by atoms with Crippen LogP contribution in [0.4, 0.5) is 4.79 Å². The second-order valence-corrected chi connectivity index (χ2v) is 6.22. The Labute approximate surface area is 130 Å². The summed E-state index contributed by atoms with van der Waals surface area (Å²) in [6.07, 6.45) is 5.52. The minimum atomic E-state index is -0.0603. The number of urea groups is 1. The van der Waals surface area contributed by atoms with E-state index in [4.69, 9.17) is 0 Å². The van der Waals surface area contributed by atoms with Crippen molar-refractivity contribution in [1.82, 2.24) is 20.6 Å². The first kappa shape index (κ1) is 14.9. The van der Waals surface area contributed by atoms with E-state index in [0.717, 1.165) is 23.3 Å². The molecule has 1 aromatic heterocycles. The van der Waals surface area contributed by atoms with Crippen molar-refractivity contribution in [2.24, 2.45) is 5.92 Å². The van der Waals surface area contributed by atoms with Crippen LogP contribution in [0.2, 0.25) is 0 Å². The molecule has 2 aromatic rings. The molecule has 0 radical (unpaired) electrons. The first-order chi connectivity index (χ1) is 10.7. The smallest absolute Gasteiger partial charge is 0.315 e. The zero-order chi connectivity index (χ0) is 15.4. The lowest BCUT2D eigenvalue weighted by Crippen LogP contribution is -2.46. The molecule has 3 rings (SSSR count). The van der Waals surface area contributed by atoms with Gasteiger partial charge in [-0.05, 0) is 30.9 Å². The summed E-state index contributed by atoms with van der Waals surface area (Å²) in [5.74, 6) is 1.49. The fourth-order valence-electron chi connectivity index (χ4n) is 3.17. The van der Waals surface area contributed by atoms with Gasteiger partial charge in [-0.3, -0.25) is 0 Å². The van der Waals surface area contributed by atoms with Gasteiger partial charge in [0.1, 0.15) is 5.82 Å². The number of fused-ring (bicyclic) bond motifs is 1. The maximum absolute atomic E-state index is 12.0. The molecule has 0 saturated heterocycles. The van der Waals surface area contributed by atoms with Gasteiger partial charge in [0.25, 0.3) is 0 Å². The zero-order valence-corrected chi connectivity index (χ0v) is 13.1. The first-order valence-corrected chi connectivity index (χ1v) is 8.20. The Kier molecular flexibility index (Phi) is 4.61. The molecule has 3 N–H and O–H groups in total. The highest BCUT2D eigenvalue weighted by Crippen LogP contribution is 2.23. The SMILES string of the molecule is C[C@H]1CCCC[C@@H]1NC(=O)NCCc1nc2ccccc2[nH]1. The van der Waals surface area contributed by atoms with Crippen molar-refractivity contribution in [3.63, 3.8) is 0 Å². The number of para-hydroxylation sites is 2. The van der Waals surface area contributed by atoms with Crippen molar-refractivity contribution in [2.75, 3.05) is 6.54 Å². The lowest BCUT2D eigenvalue weighted by atomic mass is 9.86. The number of nitrogens with zero attached hydrogens (tertiary/aromatic N) is 1. The van der Waals surface area contributed by atoms with Crippen LogP contribution in [-0.2, 0) is 6.42 Å². The second-order valence-electron chi connectivity index (χ2n) is 6.22. The van der Waals surface area contributed by atoms with Crippen LogP contribution in [-0.4, -0.2) is 28.6 Å². The van der Waals surface area contributed by atoms with Crippen LogP contribution < -0.4 is 10.6 Å². The van der Waals surface area contributed by atoms with E-state index >= 15 is 0 Å². The highest BCUT2D eigenvalue weighted by Gasteiger charge is 2.22. The van der Waals surface area contributed by atoms with Gasteiger partial charge in [-0.1, -0.05) is 31.9 Å². The van der Waals surface area contributed by atoms with Crippen molar-refractivity contribution in [2.45, 2.75) is 45.1 Å². The summed E-state index contributed by atoms with van der Waals surface area (Å²) in [4.78, 5) is 19.8. The molecule has 1 aliphatic rings. The summed E-state index contributed by atoms with van der Waals surface area (Å²) >= 11 is 0. The maximum atomic E-state index is 12.0. The largest absolute Gasteiger partial charge is 0.342 e. The number of hydrogen-bond acceptors (Lipinski definition) is 2. The number of rotatable bonds is 4. The summed E-state index contributed by atoms with van der Waals surface area (Å²) in [6, 6.07) is 8.22. The van der Waals surface area contributed by atoms with Gasteiger partial charge < -0.3 is 15.6 Å². The fourth-order valence-corrected chi connectivity index (χ4v) is 3.17. The predicted molar refractivity (Wildman–Crippen MR) is 87.8 cm³/mol. The summed E-state index contributed by atoms with van der Waals surface area (Å²) < 4.78 is 0. The number of benzene rings is 1. The van der Waals surface area contributed by atoms with Gasteiger partial charge in [-0.15, -0.1) is 0 Å². The number of amides is 2. The Morgan fingerprint density at radius 3 is 2.95 bits per heavy atom. The first-order valence-electron chi connectivity index (χ1n) is 8.20. The van der Waals surface area contributed by atoms with E-state index in [1.807, 2.05) is 24.3 Å². The molecule has 0 unspecified atom stereocenters. The van der Waals surface area contributed by atoms with E-state index < -0.39 is 0 Å². The number of aromatic nitrogens is 2. The molecule has 2 amide bonds.